The number of phenols is 1. The SMILES string of the molecule is Nc1ncnc(N(c2cccnc2)c2ccccc2O)c1C=O. The molecule has 0 atom stereocenters. The molecule has 2 heterocycles. The van der Waals surface area contributed by atoms with E-state index in [1.54, 1.807) is 53.7 Å². The predicted molar refractivity (Wildman–Crippen MR) is 86.0 cm³/mol. The van der Waals surface area contributed by atoms with Crippen LogP contribution in [-0.2, 0) is 0 Å². The van der Waals surface area contributed by atoms with Crippen LogP contribution >= 0.6 is 0 Å². The summed E-state index contributed by atoms with van der Waals surface area (Å²) in [5, 5.41) is 10.2. The number of phenolic OH excluding ortho intramolecular Hbond substituents is 1. The lowest BCUT2D eigenvalue weighted by atomic mass is 10.2. The topological polar surface area (TPSA) is 105 Å². The summed E-state index contributed by atoms with van der Waals surface area (Å²) in [6.07, 6.45) is 5.08. The highest BCUT2D eigenvalue weighted by molar-refractivity contribution is 5.93. The molecule has 3 aromatic rings. The normalized spacial score (nSPS) is 10.3. The van der Waals surface area contributed by atoms with Gasteiger partial charge in [0.05, 0.1) is 23.1 Å². The Bertz CT molecular complexity index is 839. The van der Waals surface area contributed by atoms with E-state index in [1.165, 1.54) is 6.33 Å². The summed E-state index contributed by atoms with van der Waals surface area (Å²) in [5.41, 5.74) is 6.98. The molecule has 0 unspecified atom stereocenters. The molecular weight excluding hydrogens is 294 g/mol. The van der Waals surface area contributed by atoms with Gasteiger partial charge in [-0.3, -0.25) is 14.7 Å². The summed E-state index contributed by atoms with van der Waals surface area (Å²) in [6.45, 7) is 0. The molecule has 7 heteroatoms. The van der Waals surface area contributed by atoms with Gasteiger partial charge >= 0.3 is 0 Å². The first-order chi connectivity index (χ1) is 11.2. The number of hydrogen-bond donors (Lipinski definition) is 2. The van der Waals surface area contributed by atoms with Gasteiger partial charge in [0.2, 0.25) is 0 Å². The predicted octanol–water partition coefficient (Wildman–Crippen LogP) is 2.44. The minimum atomic E-state index is 0.0328. The average molecular weight is 307 g/mol. The number of carbonyl (C=O) groups excluding carboxylic acids is 1. The van der Waals surface area contributed by atoms with Gasteiger partial charge < -0.3 is 10.8 Å². The number of para-hydroxylation sites is 2. The smallest absolute Gasteiger partial charge is 0.157 e. The van der Waals surface area contributed by atoms with E-state index in [2.05, 4.69) is 15.0 Å². The summed E-state index contributed by atoms with van der Waals surface area (Å²) in [6, 6.07) is 10.2. The molecule has 0 aliphatic rings. The number of aromatic nitrogens is 3. The molecule has 0 aliphatic heterocycles. The molecule has 0 bridgehead atoms. The van der Waals surface area contributed by atoms with E-state index >= 15 is 0 Å². The highest BCUT2D eigenvalue weighted by Crippen LogP contribution is 2.39. The number of benzene rings is 1. The van der Waals surface area contributed by atoms with E-state index < -0.39 is 0 Å². The van der Waals surface area contributed by atoms with E-state index in [-0.39, 0.29) is 22.9 Å². The maximum atomic E-state index is 11.4. The van der Waals surface area contributed by atoms with Crippen LogP contribution in [0.1, 0.15) is 10.4 Å². The Kier molecular flexibility index (Phi) is 3.84. The zero-order valence-corrected chi connectivity index (χ0v) is 12.0. The number of rotatable bonds is 4. The van der Waals surface area contributed by atoms with Crippen LogP contribution < -0.4 is 10.6 Å². The van der Waals surface area contributed by atoms with Gasteiger partial charge in [-0.15, -0.1) is 0 Å². The van der Waals surface area contributed by atoms with Crippen molar-refractivity contribution in [2.75, 3.05) is 10.6 Å². The van der Waals surface area contributed by atoms with Gasteiger partial charge in [0, 0.05) is 6.20 Å². The maximum absolute atomic E-state index is 11.4. The van der Waals surface area contributed by atoms with E-state index in [0.29, 0.717) is 17.7 Å². The quantitative estimate of drug-likeness (QED) is 0.713. The molecule has 2 aromatic heterocycles. The number of aromatic hydroxyl groups is 1. The number of carbonyl (C=O) groups is 1. The second-order valence-electron chi connectivity index (χ2n) is 4.65. The number of aldehydes is 1. The second-order valence-corrected chi connectivity index (χ2v) is 4.65. The van der Waals surface area contributed by atoms with Crippen molar-refractivity contribution in [1.82, 2.24) is 15.0 Å². The second kappa shape index (κ2) is 6.10. The van der Waals surface area contributed by atoms with Crippen LogP contribution in [-0.4, -0.2) is 26.3 Å². The third-order valence-electron chi connectivity index (χ3n) is 3.25. The Hall–Kier alpha value is -3.48. The van der Waals surface area contributed by atoms with Crippen LogP contribution in [0, 0.1) is 0 Å². The van der Waals surface area contributed by atoms with Crippen molar-refractivity contribution < 1.29 is 9.90 Å². The van der Waals surface area contributed by atoms with E-state index in [4.69, 9.17) is 5.73 Å². The Labute approximate surface area is 132 Å². The fourth-order valence-corrected chi connectivity index (χ4v) is 2.21. The van der Waals surface area contributed by atoms with Gasteiger partial charge in [0.15, 0.2) is 12.1 Å². The number of hydrogen-bond acceptors (Lipinski definition) is 7. The molecule has 0 fully saturated rings. The Morgan fingerprint density at radius 2 is 1.96 bits per heavy atom. The average Bonchev–Trinajstić information content (AvgIpc) is 2.58. The number of anilines is 4. The standard InChI is InChI=1S/C16H13N5O2/c17-15-12(9-22)16(20-10-19-15)21(11-4-3-7-18-8-11)13-5-1-2-6-14(13)23/h1-10,23H,(H2,17,19,20). The van der Waals surface area contributed by atoms with Crippen LogP contribution in [0.4, 0.5) is 23.0 Å². The Balaban J connectivity index is 2.28. The Morgan fingerprint density at radius 3 is 2.65 bits per heavy atom. The van der Waals surface area contributed by atoms with Crippen LogP contribution in [0.5, 0.6) is 5.75 Å². The third kappa shape index (κ3) is 2.67. The third-order valence-corrected chi connectivity index (χ3v) is 3.25. The van der Waals surface area contributed by atoms with E-state index in [1.807, 2.05) is 0 Å². The summed E-state index contributed by atoms with van der Waals surface area (Å²) >= 11 is 0. The van der Waals surface area contributed by atoms with Gasteiger partial charge in [-0.2, -0.15) is 0 Å². The molecule has 0 saturated heterocycles. The van der Waals surface area contributed by atoms with Crippen molar-refractivity contribution in [3.05, 3.63) is 60.7 Å². The highest BCUT2D eigenvalue weighted by Gasteiger charge is 2.21. The zero-order valence-electron chi connectivity index (χ0n) is 12.0. The van der Waals surface area contributed by atoms with Gasteiger partial charge in [-0.05, 0) is 24.3 Å². The zero-order chi connectivity index (χ0) is 16.2. The van der Waals surface area contributed by atoms with Crippen LogP contribution in [0.15, 0.2) is 55.1 Å². The van der Waals surface area contributed by atoms with Crippen molar-refractivity contribution >= 4 is 29.3 Å². The van der Waals surface area contributed by atoms with Gasteiger partial charge in [-0.1, -0.05) is 12.1 Å². The molecule has 0 spiro atoms. The summed E-state index contributed by atoms with van der Waals surface area (Å²) in [4.78, 5) is 25.1. The van der Waals surface area contributed by atoms with Crippen molar-refractivity contribution in [2.24, 2.45) is 0 Å². The first-order valence-corrected chi connectivity index (χ1v) is 6.76. The molecule has 3 rings (SSSR count). The van der Waals surface area contributed by atoms with Gasteiger partial charge in [-0.25, -0.2) is 9.97 Å². The molecule has 0 aliphatic carbocycles. The van der Waals surface area contributed by atoms with Gasteiger partial charge in [0.25, 0.3) is 0 Å². The highest BCUT2D eigenvalue weighted by atomic mass is 16.3. The molecule has 0 amide bonds. The summed E-state index contributed by atoms with van der Waals surface area (Å²) < 4.78 is 0. The largest absolute Gasteiger partial charge is 0.506 e. The van der Waals surface area contributed by atoms with Crippen molar-refractivity contribution in [2.45, 2.75) is 0 Å². The van der Waals surface area contributed by atoms with Crippen LogP contribution in [0.2, 0.25) is 0 Å². The maximum Gasteiger partial charge on any atom is 0.157 e. The first kappa shape index (κ1) is 14.5. The van der Waals surface area contributed by atoms with Crippen molar-refractivity contribution in [3.63, 3.8) is 0 Å². The van der Waals surface area contributed by atoms with E-state index in [0.717, 1.165) is 0 Å². The first-order valence-electron chi connectivity index (χ1n) is 6.76. The van der Waals surface area contributed by atoms with Gasteiger partial charge in [0.1, 0.15) is 17.9 Å². The lowest BCUT2D eigenvalue weighted by molar-refractivity contribution is 0.112. The number of pyridine rings is 1. The number of nitrogens with two attached hydrogens (primary N) is 1. The summed E-state index contributed by atoms with van der Waals surface area (Å²) in [7, 11) is 0. The summed E-state index contributed by atoms with van der Waals surface area (Å²) in [5.74, 6) is 0.363. The molecular formula is C16H13N5O2. The van der Waals surface area contributed by atoms with Crippen LogP contribution in [0.25, 0.3) is 0 Å². The van der Waals surface area contributed by atoms with Crippen molar-refractivity contribution in [3.8, 4) is 5.75 Å². The minimum absolute atomic E-state index is 0.0328. The number of nitrogen functional groups attached to an aromatic ring is 1. The fraction of sp³-hybridized carbons (Fsp3) is 0. The van der Waals surface area contributed by atoms with E-state index in [9.17, 15) is 9.90 Å². The van der Waals surface area contributed by atoms with Crippen LogP contribution in [0.3, 0.4) is 0 Å². The monoisotopic (exact) mass is 307 g/mol. The van der Waals surface area contributed by atoms with Crippen molar-refractivity contribution in [1.29, 1.82) is 0 Å². The molecule has 114 valence electrons. The molecule has 7 nitrogen and oxygen atoms in total. The molecule has 0 radical (unpaired) electrons. The molecule has 0 saturated carbocycles. The molecule has 3 N–H and O–H groups in total. The molecule has 1 aromatic carbocycles. The molecule has 23 heavy (non-hydrogen) atoms. The fourth-order valence-electron chi connectivity index (χ4n) is 2.21. The number of nitrogens with zero attached hydrogens (tertiary/aromatic N) is 4. The lowest BCUT2D eigenvalue weighted by Gasteiger charge is -2.25. The minimum Gasteiger partial charge on any atom is -0.506 e. The lowest BCUT2D eigenvalue weighted by Crippen LogP contribution is -2.15. The Morgan fingerprint density at radius 1 is 1.13 bits per heavy atom.